The molecule has 0 aliphatic carbocycles. The first-order valence-electron chi connectivity index (χ1n) is 8.40. The Bertz CT molecular complexity index is 1110. The quantitative estimate of drug-likeness (QED) is 0.709. The van der Waals surface area contributed by atoms with Crippen LogP contribution in [0.15, 0.2) is 41.4 Å². The molecule has 0 fully saturated rings. The lowest BCUT2D eigenvalue weighted by Crippen LogP contribution is -2.05. The van der Waals surface area contributed by atoms with Crippen LogP contribution in [0.1, 0.15) is 18.2 Å². The van der Waals surface area contributed by atoms with Crippen LogP contribution in [-0.2, 0) is 16.3 Å². The minimum Gasteiger partial charge on any atom is -0.384 e. The van der Waals surface area contributed by atoms with Gasteiger partial charge in [-0.3, -0.25) is 0 Å². The van der Waals surface area contributed by atoms with Crippen LogP contribution in [0.3, 0.4) is 0 Å². The van der Waals surface area contributed by atoms with Crippen molar-refractivity contribution in [1.82, 2.24) is 15.0 Å². The molecule has 0 radical (unpaired) electrons. The fourth-order valence-corrected chi connectivity index (χ4v) is 3.65. The molecule has 7 nitrogen and oxygen atoms in total. The predicted molar refractivity (Wildman–Crippen MR) is 107 cm³/mol. The minimum atomic E-state index is -3.28. The Kier molecular flexibility index (Phi) is 4.84. The van der Waals surface area contributed by atoms with Gasteiger partial charge in [0.2, 0.25) is 5.95 Å². The van der Waals surface area contributed by atoms with Gasteiger partial charge in [0, 0.05) is 29.1 Å². The van der Waals surface area contributed by atoms with E-state index in [0.717, 1.165) is 28.7 Å². The van der Waals surface area contributed by atoms with Crippen molar-refractivity contribution in [2.75, 3.05) is 17.7 Å². The first-order chi connectivity index (χ1) is 12.7. The number of benzene rings is 1. The van der Waals surface area contributed by atoms with Gasteiger partial charge < -0.3 is 11.5 Å². The summed E-state index contributed by atoms with van der Waals surface area (Å²) in [6.07, 6.45) is 3.65. The Hall–Kier alpha value is -3.00. The molecule has 8 heteroatoms. The van der Waals surface area contributed by atoms with E-state index in [0.29, 0.717) is 17.2 Å². The first kappa shape index (κ1) is 18.8. The van der Waals surface area contributed by atoms with Crippen LogP contribution in [0, 0.1) is 6.92 Å². The molecule has 2 aromatic heterocycles. The normalized spacial score (nSPS) is 11.5. The molecule has 0 saturated carbocycles. The first-order valence-corrected chi connectivity index (χ1v) is 10.3. The van der Waals surface area contributed by atoms with Crippen molar-refractivity contribution in [3.05, 3.63) is 47.8 Å². The van der Waals surface area contributed by atoms with E-state index in [-0.39, 0.29) is 10.8 Å². The van der Waals surface area contributed by atoms with Gasteiger partial charge in [-0.05, 0) is 37.1 Å². The molecule has 0 bridgehead atoms. The third kappa shape index (κ3) is 3.75. The van der Waals surface area contributed by atoms with Gasteiger partial charge in [0.1, 0.15) is 5.82 Å². The molecule has 3 aromatic rings. The number of rotatable bonds is 4. The molecule has 0 atom stereocenters. The van der Waals surface area contributed by atoms with E-state index in [1.165, 1.54) is 6.26 Å². The van der Waals surface area contributed by atoms with Crippen molar-refractivity contribution < 1.29 is 8.42 Å². The topological polar surface area (TPSA) is 125 Å². The lowest BCUT2D eigenvalue weighted by atomic mass is 9.94. The summed E-state index contributed by atoms with van der Waals surface area (Å²) in [6, 6.07) is 8.39. The van der Waals surface area contributed by atoms with E-state index < -0.39 is 9.84 Å². The van der Waals surface area contributed by atoms with Gasteiger partial charge in [-0.2, -0.15) is 0 Å². The molecule has 140 valence electrons. The molecule has 0 aliphatic rings. The van der Waals surface area contributed by atoms with E-state index >= 15 is 0 Å². The van der Waals surface area contributed by atoms with Crippen molar-refractivity contribution in [1.29, 1.82) is 0 Å². The highest BCUT2D eigenvalue weighted by molar-refractivity contribution is 7.90. The summed E-state index contributed by atoms with van der Waals surface area (Å²) in [7, 11) is -3.28. The van der Waals surface area contributed by atoms with Crippen LogP contribution in [0.5, 0.6) is 0 Å². The van der Waals surface area contributed by atoms with Crippen LogP contribution in [0.2, 0.25) is 0 Å². The van der Waals surface area contributed by atoms with Gasteiger partial charge in [0.05, 0.1) is 16.3 Å². The fraction of sp³-hybridized carbons (Fsp3) is 0.211. The zero-order valence-electron chi connectivity index (χ0n) is 15.4. The average molecular weight is 383 g/mol. The van der Waals surface area contributed by atoms with E-state index in [1.54, 1.807) is 30.5 Å². The van der Waals surface area contributed by atoms with Gasteiger partial charge >= 0.3 is 0 Å². The molecule has 0 saturated heterocycles. The second-order valence-corrected chi connectivity index (χ2v) is 8.32. The summed E-state index contributed by atoms with van der Waals surface area (Å²) < 4.78 is 23.5. The lowest BCUT2D eigenvalue weighted by Gasteiger charge is -2.16. The highest BCUT2D eigenvalue weighted by Gasteiger charge is 2.18. The second kappa shape index (κ2) is 6.96. The zero-order valence-corrected chi connectivity index (χ0v) is 16.2. The van der Waals surface area contributed by atoms with Gasteiger partial charge in [-0.1, -0.05) is 19.1 Å². The summed E-state index contributed by atoms with van der Waals surface area (Å²) in [5, 5.41) is 0. The third-order valence-corrected chi connectivity index (χ3v) is 5.45. The number of hydrogen-bond donors (Lipinski definition) is 2. The number of nitrogens with zero attached hydrogens (tertiary/aromatic N) is 3. The molecular weight excluding hydrogens is 362 g/mol. The smallest absolute Gasteiger partial charge is 0.220 e. The largest absolute Gasteiger partial charge is 0.384 e. The van der Waals surface area contributed by atoms with Crippen molar-refractivity contribution >= 4 is 21.6 Å². The summed E-state index contributed by atoms with van der Waals surface area (Å²) in [4.78, 5) is 13.2. The molecule has 3 rings (SSSR count). The van der Waals surface area contributed by atoms with Crippen molar-refractivity contribution in [2.45, 2.75) is 25.2 Å². The molecular formula is C19H21N5O2S. The molecule has 4 N–H and O–H groups in total. The Labute approximate surface area is 158 Å². The SMILES string of the molecule is CCc1cc(N)ncc1-c1c(C)nc(N)nc1-c1ccc(S(C)(=O)=O)cc1. The van der Waals surface area contributed by atoms with Gasteiger partial charge in [-0.25, -0.2) is 23.4 Å². The van der Waals surface area contributed by atoms with Crippen LogP contribution >= 0.6 is 0 Å². The summed E-state index contributed by atoms with van der Waals surface area (Å²) >= 11 is 0. The standard InChI is InChI=1S/C19H21N5O2S/c1-4-12-9-16(20)22-10-15(12)17-11(2)23-19(21)24-18(17)13-5-7-14(8-6-13)27(3,25)26/h5-10H,4H2,1-3H3,(H2,20,22)(H2,21,23,24). The average Bonchev–Trinajstić information content (AvgIpc) is 2.61. The molecule has 0 unspecified atom stereocenters. The maximum absolute atomic E-state index is 11.7. The van der Waals surface area contributed by atoms with E-state index in [1.807, 2.05) is 19.9 Å². The molecule has 0 amide bonds. The highest BCUT2D eigenvalue weighted by atomic mass is 32.2. The monoisotopic (exact) mass is 383 g/mol. The number of aromatic nitrogens is 3. The number of pyridine rings is 1. The third-order valence-electron chi connectivity index (χ3n) is 4.32. The number of nitrogens with two attached hydrogens (primary N) is 2. The van der Waals surface area contributed by atoms with Crippen LogP contribution in [-0.4, -0.2) is 29.6 Å². The second-order valence-electron chi connectivity index (χ2n) is 6.31. The number of aryl methyl sites for hydroxylation is 2. The maximum Gasteiger partial charge on any atom is 0.220 e. The number of anilines is 2. The fourth-order valence-electron chi connectivity index (χ4n) is 3.02. The van der Waals surface area contributed by atoms with E-state index in [9.17, 15) is 8.42 Å². The van der Waals surface area contributed by atoms with E-state index in [2.05, 4.69) is 15.0 Å². The highest BCUT2D eigenvalue weighted by Crippen LogP contribution is 2.35. The van der Waals surface area contributed by atoms with Gasteiger partial charge in [-0.15, -0.1) is 0 Å². The summed E-state index contributed by atoms with van der Waals surface area (Å²) in [5.41, 5.74) is 16.5. The molecule has 2 heterocycles. The van der Waals surface area contributed by atoms with Crippen LogP contribution in [0.4, 0.5) is 11.8 Å². The number of sulfone groups is 1. The Morgan fingerprint density at radius 3 is 2.33 bits per heavy atom. The van der Waals surface area contributed by atoms with Crippen molar-refractivity contribution in [3.63, 3.8) is 0 Å². The van der Waals surface area contributed by atoms with Gasteiger partial charge in [0.25, 0.3) is 0 Å². The zero-order chi connectivity index (χ0) is 19.8. The Balaban J connectivity index is 2.26. The number of nitrogen functional groups attached to an aromatic ring is 2. The molecule has 0 spiro atoms. The van der Waals surface area contributed by atoms with Crippen molar-refractivity contribution in [2.24, 2.45) is 0 Å². The van der Waals surface area contributed by atoms with Crippen LogP contribution in [0.25, 0.3) is 22.4 Å². The Morgan fingerprint density at radius 1 is 1.07 bits per heavy atom. The number of hydrogen-bond acceptors (Lipinski definition) is 7. The van der Waals surface area contributed by atoms with E-state index in [4.69, 9.17) is 11.5 Å². The molecule has 1 aromatic carbocycles. The van der Waals surface area contributed by atoms with Crippen molar-refractivity contribution in [3.8, 4) is 22.4 Å². The Morgan fingerprint density at radius 2 is 1.74 bits per heavy atom. The summed E-state index contributed by atoms with van der Waals surface area (Å²) in [6.45, 7) is 3.89. The lowest BCUT2D eigenvalue weighted by molar-refractivity contribution is 0.602. The molecule has 27 heavy (non-hydrogen) atoms. The van der Waals surface area contributed by atoms with Gasteiger partial charge in [0.15, 0.2) is 9.84 Å². The molecule has 0 aliphatic heterocycles. The summed E-state index contributed by atoms with van der Waals surface area (Å²) in [5.74, 6) is 0.601. The predicted octanol–water partition coefficient (Wildman–Crippen LogP) is 2.64. The maximum atomic E-state index is 11.7. The van der Waals surface area contributed by atoms with Crippen LogP contribution < -0.4 is 11.5 Å². The minimum absolute atomic E-state index is 0.153.